The number of likely N-dealkylation sites (tertiary alicyclic amines) is 2. The molecular weight excluding hydrogens is 751 g/mol. The first-order valence-corrected chi connectivity index (χ1v) is 20.2. The predicted molar refractivity (Wildman–Crippen MR) is 217 cm³/mol. The summed E-state index contributed by atoms with van der Waals surface area (Å²) in [6.45, 7) is 7.15. The van der Waals surface area contributed by atoms with Crippen LogP contribution in [0.2, 0.25) is 0 Å². The maximum atomic E-state index is 14.8. The highest BCUT2D eigenvalue weighted by Gasteiger charge is 2.41. The Balaban J connectivity index is 1.40. The summed E-state index contributed by atoms with van der Waals surface area (Å²) < 4.78 is 29.6. The van der Waals surface area contributed by atoms with Crippen LogP contribution in [0.25, 0.3) is 33.2 Å². The van der Waals surface area contributed by atoms with Gasteiger partial charge in [0.1, 0.15) is 23.7 Å². The van der Waals surface area contributed by atoms with Crippen molar-refractivity contribution in [2.75, 3.05) is 27.2 Å². The molecule has 6 rings (SSSR count). The van der Waals surface area contributed by atoms with E-state index in [0.717, 1.165) is 11.1 Å². The van der Waals surface area contributed by atoms with E-state index >= 15 is 0 Å². The van der Waals surface area contributed by atoms with Gasteiger partial charge in [-0.2, -0.15) is 0 Å². The van der Waals surface area contributed by atoms with E-state index in [4.69, 9.17) is 0 Å². The number of halogens is 2. The van der Waals surface area contributed by atoms with Gasteiger partial charge in [0.15, 0.2) is 0 Å². The van der Waals surface area contributed by atoms with Crippen LogP contribution < -0.4 is 21.3 Å². The number of likely N-dealkylation sites (N-methyl/N-ethyl adjacent to an activating group) is 2. The Labute approximate surface area is 336 Å². The smallest absolute Gasteiger partial charge is 0.245 e. The number of nitrogens with zero attached hydrogens (tertiary/aromatic N) is 2. The van der Waals surface area contributed by atoms with Crippen molar-refractivity contribution in [3.8, 4) is 11.4 Å². The van der Waals surface area contributed by atoms with Gasteiger partial charge >= 0.3 is 0 Å². The lowest BCUT2D eigenvalue weighted by atomic mass is 9.94. The molecule has 8 atom stereocenters. The Morgan fingerprint density at radius 3 is 1.43 bits per heavy atom. The van der Waals surface area contributed by atoms with Gasteiger partial charge in [-0.05, 0) is 114 Å². The van der Waals surface area contributed by atoms with Gasteiger partial charge in [-0.3, -0.25) is 19.2 Å². The standard InChI is InChI=1S/C42H56F2N8O6/c1-7-33(49-39(55)21(3)45-5)41(57)51-19-27(53)15-25(51)17-31-29-11-9-23(43)13-35(29)47-37(31)38-32(30-12-10-24(44)14-36(30)48-38)18-26-16-28(54)20-52(26)42(58)34(8-2)50-40(56)22(4)46-6/h9-14,21-22,25-28,33-34,45-48,53-54H,7-8,15-20H2,1-6H3,(H,49,55)(H,50,56)/t21-,22-,25-,26-,27-,28-,33?,34?/m0/s1. The summed E-state index contributed by atoms with van der Waals surface area (Å²) >= 11 is 0. The van der Waals surface area contributed by atoms with Crippen LogP contribution in [-0.2, 0) is 32.0 Å². The minimum atomic E-state index is -0.817. The number of hydrogen-bond acceptors (Lipinski definition) is 8. The number of aliphatic hydroxyl groups excluding tert-OH is 2. The van der Waals surface area contributed by atoms with Crippen molar-refractivity contribution < 1.29 is 38.2 Å². The highest BCUT2D eigenvalue weighted by atomic mass is 19.1. The fraction of sp³-hybridized carbons (Fsp3) is 0.524. The van der Waals surface area contributed by atoms with Gasteiger partial charge in [0.05, 0.1) is 35.7 Å². The van der Waals surface area contributed by atoms with Gasteiger partial charge in [0.2, 0.25) is 23.6 Å². The van der Waals surface area contributed by atoms with Crippen molar-refractivity contribution in [3.63, 3.8) is 0 Å². The molecule has 4 amide bonds. The number of β-amino-alcohol motifs (C(OH)–C–C–N with tert-alkyl or cyclic N) is 2. The third-order valence-corrected chi connectivity index (χ3v) is 11.9. The van der Waals surface area contributed by atoms with Crippen molar-refractivity contribution in [3.05, 3.63) is 59.2 Å². The molecule has 2 aromatic carbocycles. The molecule has 0 saturated carbocycles. The second-order valence-electron chi connectivity index (χ2n) is 15.8. The van der Waals surface area contributed by atoms with Crippen molar-refractivity contribution in [1.82, 2.24) is 41.0 Å². The summed E-state index contributed by atoms with van der Waals surface area (Å²) in [5, 5.41) is 34.7. The van der Waals surface area contributed by atoms with Crippen LogP contribution in [0.1, 0.15) is 64.5 Å². The monoisotopic (exact) mass is 806 g/mol. The maximum Gasteiger partial charge on any atom is 0.245 e. The van der Waals surface area contributed by atoms with E-state index in [0.29, 0.717) is 46.0 Å². The molecule has 2 unspecified atom stereocenters. The van der Waals surface area contributed by atoms with E-state index in [-0.39, 0.29) is 62.4 Å². The molecule has 0 aliphatic carbocycles. The maximum absolute atomic E-state index is 14.8. The first kappa shape index (κ1) is 42.7. The molecular formula is C42H56F2N8O6. The molecule has 2 aromatic heterocycles. The second kappa shape index (κ2) is 17.9. The summed E-state index contributed by atoms with van der Waals surface area (Å²) in [7, 11) is 3.31. The third-order valence-electron chi connectivity index (χ3n) is 11.9. The SMILES string of the molecule is CCC(NC(=O)[C@H](C)NC)C(=O)N1C[C@@H](O)C[C@H]1Cc1c(-c2[nH]c3cc(F)ccc3c2C[C@@H]2C[C@H](O)CN2C(=O)C(CC)NC(=O)[C@H](C)NC)[nH]c2cc(F)ccc12. The lowest BCUT2D eigenvalue weighted by Crippen LogP contribution is -2.53. The number of benzene rings is 2. The number of aromatic nitrogens is 2. The van der Waals surface area contributed by atoms with E-state index in [2.05, 4.69) is 31.2 Å². The fourth-order valence-electron chi connectivity index (χ4n) is 8.42. The largest absolute Gasteiger partial charge is 0.391 e. The van der Waals surface area contributed by atoms with Crippen molar-refractivity contribution in [2.45, 2.75) is 115 Å². The first-order valence-electron chi connectivity index (χ1n) is 20.2. The highest BCUT2D eigenvalue weighted by molar-refractivity contribution is 5.97. The number of carbonyl (C=O) groups excluding carboxylic acids is 4. The molecule has 314 valence electrons. The molecule has 58 heavy (non-hydrogen) atoms. The number of hydrogen-bond donors (Lipinski definition) is 8. The summed E-state index contributed by atoms with van der Waals surface area (Å²) in [4.78, 5) is 63.7. The van der Waals surface area contributed by atoms with Crippen LogP contribution in [0.4, 0.5) is 8.78 Å². The van der Waals surface area contributed by atoms with E-state index in [1.807, 2.05) is 13.8 Å². The van der Waals surface area contributed by atoms with Crippen LogP contribution in [0, 0.1) is 11.6 Å². The first-order chi connectivity index (χ1) is 27.7. The number of H-pyrrole nitrogens is 2. The number of aromatic amines is 2. The number of nitrogens with one attached hydrogen (secondary N) is 6. The van der Waals surface area contributed by atoms with E-state index in [9.17, 15) is 38.2 Å². The average molecular weight is 807 g/mol. The van der Waals surface area contributed by atoms with Gasteiger partial charge in [0.25, 0.3) is 0 Å². The van der Waals surface area contributed by atoms with Crippen molar-refractivity contribution in [2.24, 2.45) is 0 Å². The number of fused-ring (bicyclic) bond motifs is 2. The average Bonchev–Trinajstić information content (AvgIpc) is 3.96. The zero-order chi connectivity index (χ0) is 42.0. The fourth-order valence-corrected chi connectivity index (χ4v) is 8.42. The molecule has 4 heterocycles. The van der Waals surface area contributed by atoms with Gasteiger partial charge in [-0.25, -0.2) is 8.78 Å². The number of carbonyl (C=O) groups is 4. The summed E-state index contributed by atoms with van der Waals surface area (Å²) in [5.41, 5.74) is 3.58. The Morgan fingerprint density at radius 2 is 1.09 bits per heavy atom. The van der Waals surface area contributed by atoms with Gasteiger partial charge in [0, 0.05) is 47.0 Å². The minimum absolute atomic E-state index is 0.0711. The van der Waals surface area contributed by atoms with Gasteiger partial charge in [-0.15, -0.1) is 0 Å². The summed E-state index contributed by atoms with van der Waals surface area (Å²) in [6.07, 6.45) is 0.0738. The Bertz CT molecular complexity index is 2010. The molecule has 4 aromatic rings. The highest BCUT2D eigenvalue weighted by Crippen LogP contribution is 2.40. The van der Waals surface area contributed by atoms with Crippen molar-refractivity contribution >= 4 is 45.4 Å². The summed E-state index contributed by atoms with van der Waals surface area (Å²) in [5.74, 6) is -2.21. The Kier molecular flexibility index (Phi) is 13.2. The molecule has 14 nitrogen and oxygen atoms in total. The van der Waals surface area contributed by atoms with Gasteiger partial charge < -0.3 is 51.2 Å². The van der Waals surface area contributed by atoms with E-state index in [1.54, 1.807) is 49.9 Å². The van der Waals surface area contributed by atoms with E-state index < -0.39 is 60.1 Å². The van der Waals surface area contributed by atoms with E-state index in [1.165, 1.54) is 24.3 Å². The normalized spacial score (nSPS) is 21.7. The van der Waals surface area contributed by atoms with Crippen LogP contribution in [0.15, 0.2) is 36.4 Å². The van der Waals surface area contributed by atoms with Crippen LogP contribution >= 0.6 is 0 Å². The third kappa shape index (κ3) is 8.75. The minimum Gasteiger partial charge on any atom is -0.391 e. The predicted octanol–water partition coefficient (Wildman–Crippen LogP) is 2.61. The summed E-state index contributed by atoms with van der Waals surface area (Å²) in [6, 6.07) is 5.13. The molecule has 2 saturated heterocycles. The number of amides is 4. The molecule has 0 radical (unpaired) electrons. The number of aliphatic hydroxyl groups is 2. The molecule has 2 aliphatic rings. The van der Waals surface area contributed by atoms with Crippen LogP contribution in [-0.4, -0.2) is 129 Å². The molecule has 0 spiro atoms. The molecule has 2 fully saturated rings. The van der Waals surface area contributed by atoms with Crippen LogP contribution in [0.5, 0.6) is 0 Å². The van der Waals surface area contributed by atoms with Gasteiger partial charge in [-0.1, -0.05) is 13.8 Å². The Morgan fingerprint density at radius 1 is 0.707 bits per heavy atom. The molecule has 0 bridgehead atoms. The molecule has 16 heteroatoms. The molecule has 2 aliphatic heterocycles. The zero-order valence-corrected chi connectivity index (χ0v) is 33.9. The topological polar surface area (TPSA) is 195 Å². The quantitative estimate of drug-likeness (QED) is 0.0899. The lowest BCUT2D eigenvalue weighted by molar-refractivity contribution is -0.138. The second-order valence-corrected chi connectivity index (χ2v) is 15.8. The van der Waals surface area contributed by atoms with Crippen molar-refractivity contribution in [1.29, 1.82) is 0 Å². The molecule has 8 N–H and O–H groups in total. The van der Waals surface area contributed by atoms with Crippen LogP contribution in [0.3, 0.4) is 0 Å². The number of rotatable bonds is 15. The Hall–Kier alpha value is -4.90. The lowest BCUT2D eigenvalue weighted by Gasteiger charge is -2.30. The zero-order valence-electron chi connectivity index (χ0n) is 33.9.